The lowest BCUT2D eigenvalue weighted by Crippen LogP contribution is -2.40. The van der Waals surface area contributed by atoms with Gasteiger partial charge in [-0.05, 0) is 50.4 Å². The molecule has 0 spiro atoms. The fourth-order valence-corrected chi connectivity index (χ4v) is 4.34. The number of likely N-dealkylation sites (tertiary alicyclic amines) is 1. The topological polar surface area (TPSA) is 29.3 Å². The quantitative estimate of drug-likeness (QED) is 0.750. The Morgan fingerprint density at radius 2 is 2.07 bits per heavy atom. The lowest BCUT2D eigenvalue weighted by atomic mass is 9.83. The van der Waals surface area contributed by atoms with Crippen molar-refractivity contribution in [3.63, 3.8) is 0 Å². The van der Waals surface area contributed by atoms with Gasteiger partial charge in [-0.1, -0.05) is 6.42 Å². The first-order chi connectivity index (χ1) is 7.24. The summed E-state index contributed by atoms with van der Waals surface area (Å²) >= 11 is 0. The van der Waals surface area contributed by atoms with E-state index in [0.717, 1.165) is 30.3 Å². The molecule has 2 aliphatic carbocycles. The molecular formula is C13H24N2. The van der Waals surface area contributed by atoms with Gasteiger partial charge in [0, 0.05) is 25.2 Å². The molecular weight excluding hydrogens is 184 g/mol. The number of fused-ring (bicyclic) bond motifs is 2. The van der Waals surface area contributed by atoms with E-state index < -0.39 is 0 Å². The molecule has 1 heterocycles. The second-order valence-electron chi connectivity index (χ2n) is 6.12. The van der Waals surface area contributed by atoms with Crippen molar-refractivity contribution in [1.82, 2.24) is 4.90 Å². The van der Waals surface area contributed by atoms with Crippen LogP contribution in [0.15, 0.2) is 0 Å². The Morgan fingerprint density at radius 3 is 2.60 bits per heavy atom. The highest BCUT2D eigenvalue weighted by molar-refractivity contribution is 4.96. The minimum absolute atomic E-state index is 0.450. The molecule has 2 nitrogen and oxygen atoms in total. The summed E-state index contributed by atoms with van der Waals surface area (Å²) in [4.78, 5) is 2.65. The Bertz CT molecular complexity index is 241. The number of hydrogen-bond acceptors (Lipinski definition) is 2. The first-order valence-electron chi connectivity index (χ1n) is 6.73. The normalized spacial score (nSPS) is 47.6. The summed E-state index contributed by atoms with van der Waals surface area (Å²) in [7, 11) is 0. The number of nitrogens with two attached hydrogens (primary N) is 1. The molecule has 5 unspecified atom stereocenters. The van der Waals surface area contributed by atoms with Crippen molar-refractivity contribution < 1.29 is 0 Å². The third-order valence-corrected chi connectivity index (χ3v) is 5.24. The summed E-state index contributed by atoms with van der Waals surface area (Å²) in [5, 5.41) is 0. The summed E-state index contributed by atoms with van der Waals surface area (Å²) in [6, 6.07) is 1.25. The fourth-order valence-electron chi connectivity index (χ4n) is 4.34. The van der Waals surface area contributed by atoms with E-state index in [-0.39, 0.29) is 0 Å². The highest BCUT2D eigenvalue weighted by Gasteiger charge is 2.43. The van der Waals surface area contributed by atoms with Crippen LogP contribution >= 0.6 is 0 Å². The SMILES string of the molecule is CC(C1CC2CCC1C2)N1CCC(N)C1. The molecule has 2 bridgehead atoms. The van der Waals surface area contributed by atoms with Crippen LogP contribution in [-0.4, -0.2) is 30.1 Å². The molecule has 2 saturated carbocycles. The number of nitrogens with zero attached hydrogens (tertiary/aromatic N) is 1. The number of rotatable bonds is 2. The van der Waals surface area contributed by atoms with E-state index in [0.29, 0.717) is 6.04 Å². The van der Waals surface area contributed by atoms with Crippen LogP contribution in [-0.2, 0) is 0 Å². The lowest BCUT2D eigenvalue weighted by molar-refractivity contribution is 0.143. The Hall–Kier alpha value is -0.0800. The van der Waals surface area contributed by atoms with Crippen LogP contribution in [0.25, 0.3) is 0 Å². The molecule has 2 N–H and O–H groups in total. The predicted molar refractivity (Wildman–Crippen MR) is 62.6 cm³/mol. The van der Waals surface area contributed by atoms with Gasteiger partial charge >= 0.3 is 0 Å². The van der Waals surface area contributed by atoms with Crippen molar-refractivity contribution in [1.29, 1.82) is 0 Å². The molecule has 0 aromatic carbocycles. The van der Waals surface area contributed by atoms with Crippen LogP contribution in [0.2, 0.25) is 0 Å². The Balaban J connectivity index is 1.62. The summed E-state index contributed by atoms with van der Waals surface area (Å²) in [5.74, 6) is 3.13. The summed E-state index contributed by atoms with van der Waals surface area (Å²) in [6.45, 7) is 4.84. The smallest absolute Gasteiger partial charge is 0.0180 e. The Labute approximate surface area is 93.2 Å². The van der Waals surface area contributed by atoms with E-state index in [2.05, 4.69) is 11.8 Å². The van der Waals surface area contributed by atoms with Crippen LogP contribution in [0.4, 0.5) is 0 Å². The molecule has 1 saturated heterocycles. The first-order valence-corrected chi connectivity index (χ1v) is 6.73. The minimum atomic E-state index is 0.450. The molecule has 3 aliphatic rings. The summed E-state index contributed by atoms with van der Waals surface area (Å²) in [6.07, 6.45) is 7.30. The monoisotopic (exact) mass is 208 g/mol. The molecule has 3 rings (SSSR count). The van der Waals surface area contributed by atoms with Gasteiger partial charge in [0.15, 0.2) is 0 Å². The second kappa shape index (κ2) is 3.74. The van der Waals surface area contributed by atoms with Crippen molar-refractivity contribution in [3.05, 3.63) is 0 Å². The van der Waals surface area contributed by atoms with Crippen molar-refractivity contribution in [2.24, 2.45) is 23.5 Å². The van der Waals surface area contributed by atoms with Crippen molar-refractivity contribution >= 4 is 0 Å². The maximum Gasteiger partial charge on any atom is 0.0180 e. The highest BCUT2D eigenvalue weighted by atomic mass is 15.2. The van der Waals surface area contributed by atoms with Crippen LogP contribution in [0.5, 0.6) is 0 Å². The van der Waals surface area contributed by atoms with Gasteiger partial charge in [-0.25, -0.2) is 0 Å². The van der Waals surface area contributed by atoms with Gasteiger partial charge in [-0.3, -0.25) is 4.90 Å². The van der Waals surface area contributed by atoms with Gasteiger partial charge in [0.1, 0.15) is 0 Å². The van der Waals surface area contributed by atoms with Gasteiger partial charge in [0.2, 0.25) is 0 Å². The number of hydrogen-bond donors (Lipinski definition) is 1. The third-order valence-electron chi connectivity index (χ3n) is 5.24. The van der Waals surface area contributed by atoms with Gasteiger partial charge in [0.25, 0.3) is 0 Å². The molecule has 0 aromatic rings. The van der Waals surface area contributed by atoms with Crippen molar-refractivity contribution in [2.45, 2.75) is 51.1 Å². The summed E-state index contributed by atoms with van der Waals surface area (Å²) < 4.78 is 0. The zero-order valence-corrected chi connectivity index (χ0v) is 9.86. The molecule has 15 heavy (non-hydrogen) atoms. The van der Waals surface area contributed by atoms with E-state index >= 15 is 0 Å². The van der Waals surface area contributed by atoms with E-state index in [4.69, 9.17) is 5.73 Å². The van der Waals surface area contributed by atoms with Crippen LogP contribution in [0.1, 0.15) is 39.0 Å². The Morgan fingerprint density at radius 1 is 1.20 bits per heavy atom. The molecule has 1 aliphatic heterocycles. The summed E-state index contributed by atoms with van der Waals surface area (Å²) in [5.41, 5.74) is 6.00. The first kappa shape index (κ1) is 10.1. The zero-order chi connectivity index (χ0) is 10.4. The second-order valence-corrected chi connectivity index (χ2v) is 6.12. The predicted octanol–water partition coefficient (Wildman–Crippen LogP) is 1.84. The van der Waals surface area contributed by atoms with Crippen molar-refractivity contribution in [3.8, 4) is 0 Å². The minimum Gasteiger partial charge on any atom is -0.326 e. The third kappa shape index (κ3) is 1.72. The van der Waals surface area contributed by atoms with E-state index in [9.17, 15) is 0 Å². The van der Waals surface area contributed by atoms with Crippen molar-refractivity contribution in [2.75, 3.05) is 13.1 Å². The molecule has 0 aromatic heterocycles. The molecule has 0 amide bonds. The average molecular weight is 208 g/mol. The van der Waals surface area contributed by atoms with E-state index in [1.807, 2.05) is 0 Å². The van der Waals surface area contributed by atoms with E-state index in [1.165, 1.54) is 38.6 Å². The highest BCUT2D eigenvalue weighted by Crippen LogP contribution is 2.50. The maximum atomic E-state index is 6.00. The van der Waals surface area contributed by atoms with Gasteiger partial charge in [-0.2, -0.15) is 0 Å². The largest absolute Gasteiger partial charge is 0.326 e. The Kier molecular flexibility index (Phi) is 2.52. The van der Waals surface area contributed by atoms with Crippen LogP contribution < -0.4 is 5.73 Å². The molecule has 2 heteroatoms. The van der Waals surface area contributed by atoms with Gasteiger partial charge < -0.3 is 5.73 Å². The lowest BCUT2D eigenvalue weighted by Gasteiger charge is -2.34. The van der Waals surface area contributed by atoms with Crippen LogP contribution in [0, 0.1) is 17.8 Å². The van der Waals surface area contributed by atoms with E-state index in [1.54, 1.807) is 0 Å². The average Bonchev–Trinajstić information content (AvgIpc) is 2.90. The molecule has 86 valence electrons. The molecule has 5 atom stereocenters. The fraction of sp³-hybridized carbons (Fsp3) is 1.00. The van der Waals surface area contributed by atoms with Gasteiger partial charge in [-0.15, -0.1) is 0 Å². The molecule has 3 fully saturated rings. The van der Waals surface area contributed by atoms with Gasteiger partial charge in [0.05, 0.1) is 0 Å². The van der Waals surface area contributed by atoms with Crippen LogP contribution in [0.3, 0.4) is 0 Å². The standard InChI is InChI=1S/C13H24N2/c1-9(15-5-4-12(14)8-15)13-7-10-2-3-11(13)6-10/h9-13H,2-8,14H2,1H3. The molecule has 0 radical (unpaired) electrons. The zero-order valence-electron chi connectivity index (χ0n) is 9.86. The maximum absolute atomic E-state index is 6.00.